The van der Waals surface area contributed by atoms with E-state index in [0.29, 0.717) is 19.3 Å². The molecule has 1 heterocycles. The van der Waals surface area contributed by atoms with Gasteiger partial charge in [-0.25, -0.2) is 0 Å². The molecule has 0 saturated heterocycles. The Morgan fingerprint density at radius 2 is 1.76 bits per heavy atom. The molecule has 1 aromatic carbocycles. The number of pyridine rings is 1. The minimum atomic E-state index is 0.485. The van der Waals surface area contributed by atoms with Gasteiger partial charge in [-0.2, -0.15) is 0 Å². The van der Waals surface area contributed by atoms with Crippen molar-refractivity contribution in [1.29, 1.82) is 0 Å². The van der Waals surface area contributed by atoms with Gasteiger partial charge in [0.2, 0.25) is 0 Å². The summed E-state index contributed by atoms with van der Waals surface area (Å²) in [4.78, 5) is 4.43. The lowest BCUT2D eigenvalue weighted by Gasteiger charge is -2.08. The molecule has 2 rings (SSSR count). The van der Waals surface area contributed by atoms with Crippen LogP contribution in [0.5, 0.6) is 0 Å². The van der Waals surface area contributed by atoms with Gasteiger partial charge in [-0.05, 0) is 29.3 Å². The van der Waals surface area contributed by atoms with E-state index in [1.807, 2.05) is 24.4 Å². The third kappa shape index (κ3) is 5.96. The number of hydrogen-bond donors (Lipinski definition) is 1. The van der Waals surface area contributed by atoms with E-state index in [1.165, 1.54) is 5.56 Å². The van der Waals surface area contributed by atoms with Gasteiger partial charge in [0.05, 0.1) is 18.9 Å². The van der Waals surface area contributed by atoms with Crippen molar-refractivity contribution in [3.05, 3.63) is 63.9 Å². The Bertz CT molecular complexity index is 538. The maximum atomic E-state index is 5.69. The number of hydrogen-bond acceptors (Lipinski definition) is 3. The molecule has 0 fully saturated rings. The fourth-order valence-corrected chi connectivity index (χ4v) is 2.09. The highest BCUT2D eigenvalue weighted by Crippen LogP contribution is 2.12. The highest BCUT2D eigenvalue weighted by atomic mass is 79.9. The average molecular weight is 349 g/mol. The summed E-state index contributed by atoms with van der Waals surface area (Å²) in [6, 6.07) is 12.8. The zero-order chi connectivity index (χ0) is 15.1. The van der Waals surface area contributed by atoms with Crippen molar-refractivity contribution in [3.8, 4) is 0 Å². The largest absolute Gasteiger partial charge is 0.370 e. The van der Waals surface area contributed by atoms with E-state index in [-0.39, 0.29) is 0 Å². The predicted octanol–water partition coefficient (Wildman–Crippen LogP) is 4.06. The van der Waals surface area contributed by atoms with Crippen LogP contribution in [-0.2, 0) is 24.5 Å². The Morgan fingerprint density at radius 3 is 2.38 bits per heavy atom. The summed E-state index contributed by atoms with van der Waals surface area (Å²) < 4.78 is 6.77. The molecule has 0 unspecified atom stereocenters. The van der Waals surface area contributed by atoms with Crippen molar-refractivity contribution in [3.63, 3.8) is 0 Å². The van der Waals surface area contributed by atoms with Gasteiger partial charge in [-0.1, -0.05) is 48.0 Å². The summed E-state index contributed by atoms with van der Waals surface area (Å²) in [6.45, 7) is 6.26. The van der Waals surface area contributed by atoms with Gasteiger partial charge in [0.15, 0.2) is 0 Å². The SMILES string of the molecule is CC(C)NCc1ccc(COCc2ccc(Br)cc2)nc1. The molecule has 2 aromatic rings. The molecule has 4 heteroatoms. The van der Waals surface area contributed by atoms with Gasteiger partial charge < -0.3 is 10.1 Å². The van der Waals surface area contributed by atoms with E-state index in [4.69, 9.17) is 4.74 Å². The molecule has 1 N–H and O–H groups in total. The fourth-order valence-electron chi connectivity index (χ4n) is 1.82. The van der Waals surface area contributed by atoms with Gasteiger partial charge in [0, 0.05) is 23.3 Å². The molecule has 0 radical (unpaired) electrons. The van der Waals surface area contributed by atoms with Crippen LogP contribution in [0.15, 0.2) is 47.1 Å². The van der Waals surface area contributed by atoms with Crippen LogP contribution in [-0.4, -0.2) is 11.0 Å². The minimum Gasteiger partial charge on any atom is -0.370 e. The summed E-state index contributed by atoms with van der Waals surface area (Å²) in [5, 5.41) is 3.38. The lowest BCUT2D eigenvalue weighted by molar-refractivity contribution is 0.104. The Hall–Kier alpha value is -1.23. The molecule has 0 saturated carbocycles. The number of nitrogens with one attached hydrogen (secondary N) is 1. The molecule has 0 spiro atoms. The van der Waals surface area contributed by atoms with E-state index in [1.54, 1.807) is 0 Å². The van der Waals surface area contributed by atoms with Crippen LogP contribution in [0.2, 0.25) is 0 Å². The number of aromatic nitrogens is 1. The first-order chi connectivity index (χ1) is 10.1. The smallest absolute Gasteiger partial charge is 0.0892 e. The third-order valence-electron chi connectivity index (χ3n) is 3.03. The van der Waals surface area contributed by atoms with Crippen LogP contribution in [0.25, 0.3) is 0 Å². The summed E-state index contributed by atoms with van der Waals surface area (Å²) in [5.74, 6) is 0. The van der Waals surface area contributed by atoms with Gasteiger partial charge in [-0.15, -0.1) is 0 Å². The molecular weight excluding hydrogens is 328 g/mol. The first-order valence-electron chi connectivity index (χ1n) is 7.13. The van der Waals surface area contributed by atoms with Crippen molar-refractivity contribution in [2.45, 2.75) is 39.6 Å². The van der Waals surface area contributed by atoms with Crippen molar-refractivity contribution in [1.82, 2.24) is 10.3 Å². The van der Waals surface area contributed by atoms with Crippen LogP contribution in [0.3, 0.4) is 0 Å². The summed E-state index contributed by atoms with van der Waals surface area (Å²) in [5.41, 5.74) is 3.32. The topological polar surface area (TPSA) is 34.1 Å². The molecule has 21 heavy (non-hydrogen) atoms. The zero-order valence-electron chi connectivity index (χ0n) is 12.5. The minimum absolute atomic E-state index is 0.485. The molecule has 0 atom stereocenters. The Kier molecular flexibility index (Phi) is 6.36. The molecule has 3 nitrogen and oxygen atoms in total. The fraction of sp³-hybridized carbons (Fsp3) is 0.353. The molecule has 0 aliphatic heterocycles. The van der Waals surface area contributed by atoms with Crippen LogP contribution in [0.4, 0.5) is 0 Å². The van der Waals surface area contributed by atoms with E-state index in [0.717, 1.165) is 22.3 Å². The van der Waals surface area contributed by atoms with Gasteiger partial charge in [0.25, 0.3) is 0 Å². The van der Waals surface area contributed by atoms with E-state index >= 15 is 0 Å². The van der Waals surface area contributed by atoms with Crippen molar-refractivity contribution >= 4 is 15.9 Å². The van der Waals surface area contributed by atoms with Crippen LogP contribution < -0.4 is 5.32 Å². The van der Waals surface area contributed by atoms with Gasteiger partial charge in [0.1, 0.15) is 0 Å². The third-order valence-corrected chi connectivity index (χ3v) is 3.56. The number of ether oxygens (including phenoxy) is 1. The van der Waals surface area contributed by atoms with Crippen molar-refractivity contribution in [2.24, 2.45) is 0 Å². The first-order valence-corrected chi connectivity index (χ1v) is 7.92. The van der Waals surface area contributed by atoms with E-state index in [2.05, 4.69) is 58.3 Å². The lowest BCUT2D eigenvalue weighted by atomic mass is 10.2. The Balaban J connectivity index is 1.77. The monoisotopic (exact) mass is 348 g/mol. The normalized spacial score (nSPS) is 11.0. The van der Waals surface area contributed by atoms with E-state index in [9.17, 15) is 0 Å². The highest BCUT2D eigenvalue weighted by molar-refractivity contribution is 9.10. The lowest BCUT2D eigenvalue weighted by Crippen LogP contribution is -2.21. The second-order valence-corrected chi connectivity index (χ2v) is 6.23. The van der Waals surface area contributed by atoms with Crippen molar-refractivity contribution < 1.29 is 4.74 Å². The summed E-state index contributed by atoms with van der Waals surface area (Å²) >= 11 is 3.42. The molecule has 0 aliphatic carbocycles. The van der Waals surface area contributed by atoms with Crippen molar-refractivity contribution in [2.75, 3.05) is 0 Å². The number of rotatable bonds is 7. The Morgan fingerprint density at radius 1 is 1.05 bits per heavy atom. The first kappa shape index (κ1) is 16.1. The van der Waals surface area contributed by atoms with E-state index < -0.39 is 0 Å². The van der Waals surface area contributed by atoms with Crippen LogP contribution >= 0.6 is 15.9 Å². The molecule has 0 aliphatic rings. The molecular formula is C17H21BrN2O. The molecule has 1 aromatic heterocycles. The standard InChI is InChI=1S/C17H21BrN2O/c1-13(2)19-9-15-5-8-17(20-10-15)12-21-11-14-3-6-16(18)7-4-14/h3-8,10,13,19H,9,11-12H2,1-2H3. The zero-order valence-corrected chi connectivity index (χ0v) is 14.1. The summed E-state index contributed by atoms with van der Waals surface area (Å²) in [6.07, 6.45) is 1.91. The van der Waals surface area contributed by atoms with Crippen LogP contribution in [0, 0.1) is 0 Å². The number of halogens is 1. The molecule has 0 amide bonds. The molecule has 112 valence electrons. The highest BCUT2D eigenvalue weighted by Gasteiger charge is 1.99. The summed E-state index contributed by atoms with van der Waals surface area (Å²) in [7, 11) is 0. The second kappa shape index (κ2) is 8.27. The quantitative estimate of drug-likeness (QED) is 0.819. The van der Waals surface area contributed by atoms with Gasteiger partial charge in [-0.3, -0.25) is 4.98 Å². The second-order valence-electron chi connectivity index (χ2n) is 5.31. The average Bonchev–Trinajstić information content (AvgIpc) is 2.48. The number of nitrogens with zero attached hydrogens (tertiary/aromatic N) is 1. The maximum absolute atomic E-state index is 5.69. The predicted molar refractivity (Wildman–Crippen MR) is 88.8 cm³/mol. The van der Waals surface area contributed by atoms with Crippen LogP contribution in [0.1, 0.15) is 30.7 Å². The maximum Gasteiger partial charge on any atom is 0.0892 e. The molecule has 0 bridgehead atoms. The number of benzene rings is 1. The Labute approximate surface area is 134 Å². The van der Waals surface area contributed by atoms with Gasteiger partial charge >= 0.3 is 0 Å².